The zero-order valence-electron chi connectivity index (χ0n) is 12.1. The third-order valence-electron chi connectivity index (χ3n) is 3.37. The van der Waals surface area contributed by atoms with Crippen molar-refractivity contribution in [2.45, 2.75) is 6.54 Å². The van der Waals surface area contributed by atoms with Crippen molar-refractivity contribution in [1.29, 1.82) is 0 Å². The minimum atomic E-state index is -0.332. The molecule has 0 bridgehead atoms. The summed E-state index contributed by atoms with van der Waals surface area (Å²) in [5.74, 6) is -0.332. The molecule has 0 saturated carbocycles. The highest BCUT2D eigenvalue weighted by Crippen LogP contribution is 2.35. The van der Waals surface area contributed by atoms with E-state index in [1.54, 1.807) is 24.3 Å². The van der Waals surface area contributed by atoms with E-state index in [1.165, 1.54) is 4.90 Å². The summed E-state index contributed by atoms with van der Waals surface area (Å²) in [5, 5.41) is 0.459. The number of nitrogens with zero attached hydrogens (tertiary/aromatic N) is 1. The normalized spacial score (nSPS) is 16.3. The zero-order chi connectivity index (χ0) is 17.3. The largest absolute Gasteiger partial charge is 0.293 e. The monoisotopic (exact) mass is 441 g/mol. The second kappa shape index (κ2) is 7.31. The molecule has 0 unspecified atom stereocenters. The molecule has 0 spiro atoms. The van der Waals surface area contributed by atoms with Gasteiger partial charge in [-0.3, -0.25) is 14.5 Å². The first-order valence-electron chi connectivity index (χ1n) is 6.89. The lowest BCUT2D eigenvalue weighted by molar-refractivity contribution is -0.123. The molecule has 1 aliphatic heterocycles. The minimum absolute atomic E-state index is 0.227. The molecule has 2 amide bonds. The second-order valence-corrected chi connectivity index (χ2v) is 7.73. The van der Waals surface area contributed by atoms with Gasteiger partial charge in [0.05, 0.1) is 21.5 Å². The van der Waals surface area contributed by atoms with E-state index in [9.17, 15) is 9.59 Å². The molecule has 0 aromatic heterocycles. The summed E-state index contributed by atoms with van der Waals surface area (Å²) in [6.45, 7) is 0.227. The highest BCUT2D eigenvalue weighted by molar-refractivity contribution is 9.10. The topological polar surface area (TPSA) is 37.4 Å². The van der Waals surface area contributed by atoms with E-state index in [4.69, 9.17) is 23.2 Å². The van der Waals surface area contributed by atoms with Crippen LogP contribution in [0.2, 0.25) is 10.0 Å². The van der Waals surface area contributed by atoms with Gasteiger partial charge in [0.15, 0.2) is 0 Å². The Morgan fingerprint density at radius 1 is 1.12 bits per heavy atom. The smallest absolute Gasteiger partial charge is 0.268 e. The molecule has 1 aliphatic rings. The van der Waals surface area contributed by atoms with Crippen molar-refractivity contribution in [3.8, 4) is 0 Å². The first kappa shape index (κ1) is 17.5. The number of carbonyl (C=O) groups is 2. The molecule has 24 heavy (non-hydrogen) atoms. The fraction of sp³-hybridized carbons (Fsp3) is 0.0588. The number of rotatable bonds is 3. The van der Waals surface area contributed by atoms with Crippen LogP contribution in [0.4, 0.5) is 4.79 Å². The third-order valence-corrected chi connectivity index (χ3v) is 5.61. The van der Waals surface area contributed by atoms with Gasteiger partial charge in [-0.15, -0.1) is 0 Å². The van der Waals surface area contributed by atoms with E-state index in [0.717, 1.165) is 21.8 Å². The molecule has 0 atom stereocenters. The van der Waals surface area contributed by atoms with Crippen molar-refractivity contribution in [3.05, 3.63) is 73.0 Å². The Morgan fingerprint density at radius 3 is 2.62 bits per heavy atom. The molecule has 1 saturated heterocycles. The molecule has 2 aromatic carbocycles. The van der Waals surface area contributed by atoms with Gasteiger partial charge in [-0.1, -0.05) is 63.4 Å². The lowest BCUT2D eigenvalue weighted by Crippen LogP contribution is -2.27. The van der Waals surface area contributed by atoms with E-state index in [2.05, 4.69) is 15.9 Å². The maximum atomic E-state index is 12.5. The van der Waals surface area contributed by atoms with Crippen LogP contribution in [0.15, 0.2) is 51.8 Å². The summed E-state index contributed by atoms with van der Waals surface area (Å²) in [6.07, 6.45) is 1.60. The maximum absolute atomic E-state index is 12.5. The molecular formula is C17H10BrCl2NO2S. The van der Waals surface area contributed by atoms with Crippen LogP contribution in [-0.4, -0.2) is 16.0 Å². The predicted molar refractivity (Wildman–Crippen MR) is 102 cm³/mol. The van der Waals surface area contributed by atoms with Crippen molar-refractivity contribution in [2.24, 2.45) is 0 Å². The van der Waals surface area contributed by atoms with Crippen molar-refractivity contribution in [1.82, 2.24) is 4.90 Å². The second-order valence-electron chi connectivity index (χ2n) is 5.04. The SMILES string of the molecule is O=C1S/C(=C/c2cccc(Cl)c2Cl)C(=O)N1Cc1cccc(Br)c1. The van der Waals surface area contributed by atoms with Gasteiger partial charge in [0, 0.05) is 4.47 Å². The highest BCUT2D eigenvalue weighted by Gasteiger charge is 2.35. The van der Waals surface area contributed by atoms with Gasteiger partial charge in [0.25, 0.3) is 11.1 Å². The molecule has 0 aliphatic carbocycles. The Hall–Kier alpha value is -1.27. The number of thioether (sulfide) groups is 1. The van der Waals surface area contributed by atoms with Gasteiger partial charge in [-0.05, 0) is 47.2 Å². The van der Waals surface area contributed by atoms with Crippen LogP contribution < -0.4 is 0 Å². The van der Waals surface area contributed by atoms with Crippen LogP contribution in [0.5, 0.6) is 0 Å². The Balaban J connectivity index is 1.86. The van der Waals surface area contributed by atoms with Crippen LogP contribution in [0.3, 0.4) is 0 Å². The van der Waals surface area contributed by atoms with Crippen molar-refractivity contribution < 1.29 is 9.59 Å². The van der Waals surface area contributed by atoms with Crippen LogP contribution in [0.25, 0.3) is 6.08 Å². The molecule has 1 fully saturated rings. The van der Waals surface area contributed by atoms with Crippen molar-refractivity contribution in [2.75, 3.05) is 0 Å². The van der Waals surface area contributed by atoms with Gasteiger partial charge < -0.3 is 0 Å². The summed E-state index contributed by atoms with van der Waals surface area (Å²) in [6, 6.07) is 12.6. The predicted octanol–water partition coefficient (Wildman–Crippen LogP) is 5.99. The molecule has 0 N–H and O–H groups in total. The fourth-order valence-corrected chi connectivity index (χ4v) is 3.87. The molecule has 3 nitrogen and oxygen atoms in total. The van der Waals surface area contributed by atoms with E-state index in [1.807, 2.05) is 24.3 Å². The Labute approximate surface area is 161 Å². The number of amides is 2. The summed E-state index contributed by atoms with van der Waals surface area (Å²) in [7, 11) is 0. The number of imide groups is 1. The summed E-state index contributed by atoms with van der Waals surface area (Å²) >= 11 is 16.4. The first-order valence-corrected chi connectivity index (χ1v) is 9.26. The van der Waals surface area contributed by atoms with Gasteiger partial charge in [0.1, 0.15) is 0 Å². The molecule has 0 radical (unpaired) electrons. The number of carbonyl (C=O) groups excluding carboxylic acids is 2. The Bertz CT molecular complexity index is 869. The van der Waals surface area contributed by atoms with Gasteiger partial charge >= 0.3 is 0 Å². The lowest BCUT2D eigenvalue weighted by atomic mass is 10.2. The summed E-state index contributed by atoms with van der Waals surface area (Å²) in [5.41, 5.74) is 1.48. The first-order chi connectivity index (χ1) is 11.5. The van der Waals surface area contributed by atoms with E-state index >= 15 is 0 Å². The minimum Gasteiger partial charge on any atom is -0.268 e. The third kappa shape index (κ3) is 3.70. The molecule has 122 valence electrons. The summed E-state index contributed by atoms with van der Waals surface area (Å²) in [4.78, 5) is 26.3. The Morgan fingerprint density at radius 2 is 1.88 bits per heavy atom. The quantitative estimate of drug-likeness (QED) is 0.547. The van der Waals surface area contributed by atoms with Crippen molar-refractivity contribution >= 4 is 68.1 Å². The maximum Gasteiger partial charge on any atom is 0.293 e. The van der Waals surface area contributed by atoms with Gasteiger partial charge in [-0.2, -0.15) is 0 Å². The fourth-order valence-electron chi connectivity index (χ4n) is 2.23. The molecule has 7 heteroatoms. The van der Waals surface area contributed by atoms with Crippen LogP contribution in [-0.2, 0) is 11.3 Å². The molecule has 2 aromatic rings. The zero-order valence-corrected chi connectivity index (χ0v) is 16.0. The number of hydrogen-bond donors (Lipinski definition) is 0. The lowest BCUT2D eigenvalue weighted by Gasteiger charge is -2.12. The van der Waals surface area contributed by atoms with E-state index < -0.39 is 0 Å². The number of hydrogen-bond acceptors (Lipinski definition) is 3. The van der Waals surface area contributed by atoms with Crippen LogP contribution >= 0.6 is 50.9 Å². The van der Waals surface area contributed by atoms with Crippen LogP contribution in [0, 0.1) is 0 Å². The van der Waals surface area contributed by atoms with Crippen LogP contribution in [0.1, 0.15) is 11.1 Å². The van der Waals surface area contributed by atoms with E-state index in [-0.39, 0.29) is 17.7 Å². The van der Waals surface area contributed by atoms with Crippen molar-refractivity contribution in [3.63, 3.8) is 0 Å². The number of halogens is 3. The standard InChI is InChI=1S/C17H10BrCl2NO2S/c18-12-5-1-3-10(7-12)9-21-16(22)14(24-17(21)23)8-11-4-2-6-13(19)15(11)20/h1-8H,9H2/b14-8+. The average molecular weight is 443 g/mol. The van der Waals surface area contributed by atoms with Gasteiger partial charge in [0.2, 0.25) is 0 Å². The average Bonchev–Trinajstić information content (AvgIpc) is 2.79. The van der Waals surface area contributed by atoms with Gasteiger partial charge in [-0.25, -0.2) is 0 Å². The highest BCUT2D eigenvalue weighted by atomic mass is 79.9. The summed E-state index contributed by atoms with van der Waals surface area (Å²) < 4.78 is 0.897. The van der Waals surface area contributed by atoms with E-state index in [0.29, 0.717) is 20.5 Å². The Kier molecular flexibility index (Phi) is 5.35. The number of benzene rings is 2. The molecule has 3 rings (SSSR count). The molecular weight excluding hydrogens is 433 g/mol. The molecule has 1 heterocycles.